The molecule has 27 heavy (non-hydrogen) atoms. The van der Waals surface area contributed by atoms with E-state index in [-0.39, 0.29) is 0 Å². The molecule has 2 aromatic carbocycles. The van der Waals surface area contributed by atoms with Gasteiger partial charge in [0.25, 0.3) is 0 Å². The number of hydrogen-bond acceptors (Lipinski definition) is 1. The third-order valence-electron chi connectivity index (χ3n) is 5.50. The van der Waals surface area contributed by atoms with Crippen LogP contribution in [-0.2, 0) is 0 Å². The zero-order valence-corrected chi connectivity index (χ0v) is 16.9. The lowest BCUT2D eigenvalue weighted by molar-refractivity contribution is 0.967. The van der Waals surface area contributed by atoms with Gasteiger partial charge in [0.2, 0.25) is 0 Å². The molecule has 3 heterocycles. The van der Waals surface area contributed by atoms with Crippen LogP contribution in [0.2, 0.25) is 0 Å². The highest BCUT2D eigenvalue weighted by Gasteiger charge is 2.11. The molecule has 0 saturated carbocycles. The molecular formula is C24H22N2S. The Hall–Kier alpha value is -2.78. The van der Waals surface area contributed by atoms with E-state index < -0.39 is 0 Å². The van der Waals surface area contributed by atoms with Crippen molar-refractivity contribution in [2.45, 2.75) is 27.7 Å². The highest BCUT2D eigenvalue weighted by atomic mass is 32.1. The van der Waals surface area contributed by atoms with Gasteiger partial charge in [-0.25, -0.2) is 0 Å². The third-order valence-corrected chi connectivity index (χ3v) is 6.65. The Morgan fingerprint density at radius 1 is 0.519 bits per heavy atom. The zero-order chi connectivity index (χ0) is 18.7. The summed E-state index contributed by atoms with van der Waals surface area (Å²) in [5, 5.41) is 2.67. The summed E-state index contributed by atoms with van der Waals surface area (Å²) in [5.74, 6) is 0. The summed E-state index contributed by atoms with van der Waals surface area (Å²) in [4.78, 5) is 0. The number of fused-ring (bicyclic) bond motifs is 3. The smallest absolute Gasteiger partial charge is 0.0462 e. The van der Waals surface area contributed by atoms with Gasteiger partial charge in [-0.1, -0.05) is 0 Å². The first-order valence-electron chi connectivity index (χ1n) is 9.30. The van der Waals surface area contributed by atoms with Gasteiger partial charge in [-0.05, 0) is 88.4 Å². The Balaban J connectivity index is 1.77. The summed E-state index contributed by atoms with van der Waals surface area (Å²) < 4.78 is 7.34. The van der Waals surface area contributed by atoms with E-state index in [1.54, 1.807) is 0 Å². The Bertz CT molecular complexity index is 1170. The Labute approximate surface area is 163 Å². The number of thiophene rings is 1. The summed E-state index contributed by atoms with van der Waals surface area (Å²) in [6, 6.07) is 22.4. The molecule has 0 aliphatic carbocycles. The van der Waals surface area contributed by atoms with Gasteiger partial charge in [-0.15, -0.1) is 11.3 Å². The fourth-order valence-electron chi connectivity index (χ4n) is 4.18. The van der Waals surface area contributed by atoms with Crippen molar-refractivity contribution in [2.75, 3.05) is 0 Å². The second kappa shape index (κ2) is 5.86. The maximum Gasteiger partial charge on any atom is 0.0462 e. The van der Waals surface area contributed by atoms with Gasteiger partial charge in [-0.2, -0.15) is 0 Å². The molecule has 134 valence electrons. The van der Waals surface area contributed by atoms with Crippen molar-refractivity contribution in [3.63, 3.8) is 0 Å². The molecule has 0 amide bonds. The van der Waals surface area contributed by atoms with Crippen LogP contribution in [0.5, 0.6) is 0 Å². The van der Waals surface area contributed by atoms with E-state index in [9.17, 15) is 0 Å². The molecule has 0 N–H and O–H groups in total. The Kier molecular flexibility index (Phi) is 3.56. The Morgan fingerprint density at radius 3 is 1.26 bits per heavy atom. The van der Waals surface area contributed by atoms with E-state index >= 15 is 0 Å². The van der Waals surface area contributed by atoms with Crippen LogP contribution in [0.4, 0.5) is 0 Å². The molecule has 0 aliphatic heterocycles. The predicted molar refractivity (Wildman–Crippen MR) is 117 cm³/mol. The minimum absolute atomic E-state index is 1.24. The molecule has 0 fully saturated rings. The topological polar surface area (TPSA) is 9.86 Å². The van der Waals surface area contributed by atoms with Crippen LogP contribution in [0.25, 0.3) is 31.5 Å². The molecule has 3 heteroatoms. The lowest BCUT2D eigenvalue weighted by Gasteiger charge is -2.11. The quantitative estimate of drug-likeness (QED) is 0.321. The lowest BCUT2D eigenvalue weighted by Crippen LogP contribution is -1.98. The summed E-state index contributed by atoms with van der Waals surface area (Å²) in [5.41, 5.74) is 7.55. The van der Waals surface area contributed by atoms with Crippen LogP contribution in [0.15, 0.2) is 60.7 Å². The maximum absolute atomic E-state index is 2.34. The average molecular weight is 371 g/mol. The predicted octanol–water partition coefficient (Wildman–Crippen LogP) is 6.87. The first kappa shape index (κ1) is 16.4. The van der Waals surface area contributed by atoms with Crippen molar-refractivity contribution in [2.24, 2.45) is 0 Å². The largest absolute Gasteiger partial charge is 0.318 e. The SMILES string of the molecule is Cc1ccc(C)n1-c1ccc2sc3ccc(-n4c(C)ccc4C)cc3c2c1. The molecule has 2 nitrogen and oxygen atoms in total. The molecule has 0 atom stereocenters. The fraction of sp³-hybridized carbons (Fsp3) is 0.167. The normalized spacial score (nSPS) is 11.7. The lowest BCUT2D eigenvalue weighted by atomic mass is 10.1. The standard InChI is InChI=1S/C24H22N2S/c1-15-5-6-16(2)25(15)19-9-11-23-21(13-19)22-14-20(10-12-24(22)27-23)26-17(3)7-8-18(26)4/h5-14H,1-4H3. The molecule has 5 aromatic rings. The molecule has 0 unspecified atom stereocenters. The van der Waals surface area contributed by atoms with Crippen LogP contribution in [0.1, 0.15) is 22.8 Å². The van der Waals surface area contributed by atoms with Crippen molar-refractivity contribution in [1.29, 1.82) is 0 Å². The van der Waals surface area contributed by atoms with Gasteiger partial charge in [0.05, 0.1) is 0 Å². The molecule has 0 aliphatic rings. The number of aromatic nitrogens is 2. The van der Waals surface area contributed by atoms with Gasteiger partial charge in [0.15, 0.2) is 0 Å². The minimum atomic E-state index is 1.24. The van der Waals surface area contributed by atoms with Crippen LogP contribution in [0, 0.1) is 27.7 Å². The minimum Gasteiger partial charge on any atom is -0.318 e. The van der Waals surface area contributed by atoms with Crippen LogP contribution >= 0.6 is 11.3 Å². The van der Waals surface area contributed by atoms with Crippen molar-refractivity contribution in [3.05, 3.63) is 83.4 Å². The molecule has 0 radical (unpaired) electrons. The summed E-state index contributed by atoms with van der Waals surface area (Å²) in [6.07, 6.45) is 0. The van der Waals surface area contributed by atoms with Crippen molar-refractivity contribution >= 4 is 31.5 Å². The first-order chi connectivity index (χ1) is 13.0. The van der Waals surface area contributed by atoms with Crippen LogP contribution in [-0.4, -0.2) is 9.13 Å². The molecule has 5 rings (SSSR count). The number of nitrogens with zero attached hydrogens (tertiary/aromatic N) is 2. The average Bonchev–Trinajstić information content (AvgIpc) is 3.29. The van der Waals surface area contributed by atoms with E-state index in [0.717, 1.165) is 0 Å². The maximum atomic E-state index is 2.34. The van der Waals surface area contributed by atoms with E-state index in [0.29, 0.717) is 0 Å². The van der Waals surface area contributed by atoms with Crippen LogP contribution < -0.4 is 0 Å². The van der Waals surface area contributed by atoms with Gasteiger partial charge in [0.1, 0.15) is 0 Å². The first-order valence-corrected chi connectivity index (χ1v) is 10.1. The molecule has 0 spiro atoms. The molecule has 3 aromatic heterocycles. The number of hydrogen-bond donors (Lipinski definition) is 0. The van der Waals surface area contributed by atoms with E-state index in [1.165, 1.54) is 54.3 Å². The second-order valence-corrected chi connectivity index (χ2v) is 8.45. The second-order valence-electron chi connectivity index (χ2n) is 7.37. The third kappa shape index (κ3) is 2.46. The molecule has 0 saturated heterocycles. The monoisotopic (exact) mass is 370 g/mol. The summed E-state index contributed by atoms with van der Waals surface area (Å²) in [6.45, 7) is 8.66. The van der Waals surface area contributed by atoms with Crippen molar-refractivity contribution in [3.8, 4) is 11.4 Å². The number of aryl methyl sites for hydroxylation is 4. The molecular weight excluding hydrogens is 348 g/mol. The fourth-order valence-corrected chi connectivity index (χ4v) is 5.25. The number of benzene rings is 2. The van der Waals surface area contributed by atoms with E-state index in [2.05, 4.69) is 97.5 Å². The summed E-state index contributed by atoms with van der Waals surface area (Å²) >= 11 is 1.87. The molecule has 0 bridgehead atoms. The van der Waals surface area contributed by atoms with Gasteiger partial charge in [-0.3, -0.25) is 0 Å². The van der Waals surface area contributed by atoms with E-state index in [4.69, 9.17) is 0 Å². The van der Waals surface area contributed by atoms with Crippen LogP contribution in [0.3, 0.4) is 0 Å². The highest BCUT2D eigenvalue weighted by molar-refractivity contribution is 7.25. The van der Waals surface area contributed by atoms with E-state index in [1.807, 2.05) is 11.3 Å². The summed E-state index contributed by atoms with van der Waals surface area (Å²) in [7, 11) is 0. The Morgan fingerprint density at radius 2 is 0.889 bits per heavy atom. The van der Waals surface area contributed by atoms with Gasteiger partial charge in [0, 0.05) is 54.3 Å². The highest BCUT2D eigenvalue weighted by Crippen LogP contribution is 2.37. The van der Waals surface area contributed by atoms with Gasteiger partial charge >= 0.3 is 0 Å². The van der Waals surface area contributed by atoms with Crippen molar-refractivity contribution in [1.82, 2.24) is 9.13 Å². The zero-order valence-electron chi connectivity index (χ0n) is 16.1. The van der Waals surface area contributed by atoms with Crippen molar-refractivity contribution < 1.29 is 0 Å². The van der Waals surface area contributed by atoms with Gasteiger partial charge < -0.3 is 9.13 Å². The number of rotatable bonds is 2.